The molecule has 5 nitrogen and oxygen atoms in total. The topological polar surface area (TPSA) is 61.3 Å². The van der Waals surface area contributed by atoms with Crippen LogP contribution in [-0.4, -0.2) is 30.0 Å². The van der Waals surface area contributed by atoms with E-state index in [-0.39, 0.29) is 17.4 Å². The molecule has 1 aromatic heterocycles. The number of Topliss-reactive ketones (excluding diaryl/α,β-unsaturated/α-hetero) is 1. The number of carbonyl (C=O) groups is 1. The van der Waals surface area contributed by atoms with E-state index in [2.05, 4.69) is 9.97 Å². The van der Waals surface area contributed by atoms with E-state index in [0.29, 0.717) is 12.3 Å². The predicted molar refractivity (Wildman–Crippen MR) is 59.0 cm³/mol. The molecule has 0 amide bonds. The Balaban J connectivity index is 2.90. The van der Waals surface area contributed by atoms with Crippen LogP contribution in [0.3, 0.4) is 0 Å². The molecule has 0 radical (unpaired) electrons. The molecule has 1 rings (SSSR count). The second-order valence-electron chi connectivity index (χ2n) is 3.30. The van der Waals surface area contributed by atoms with Crippen LogP contribution < -0.4 is 9.47 Å². The third-order valence-corrected chi connectivity index (χ3v) is 2.14. The van der Waals surface area contributed by atoms with Crippen LogP contribution in [0.1, 0.15) is 36.7 Å². The molecule has 0 unspecified atom stereocenters. The number of ether oxygens (including phenoxy) is 2. The van der Waals surface area contributed by atoms with Crippen LogP contribution in [0.2, 0.25) is 0 Å². The minimum absolute atomic E-state index is 0.0474. The molecule has 0 aliphatic carbocycles. The second-order valence-corrected chi connectivity index (χ2v) is 3.30. The largest absolute Gasteiger partial charge is 0.480 e. The van der Waals surface area contributed by atoms with Crippen LogP contribution >= 0.6 is 0 Å². The number of ketones is 1. The maximum Gasteiger partial charge on any atom is 0.246 e. The lowest BCUT2D eigenvalue weighted by atomic mass is 10.1. The van der Waals surface area contributed by atoms with Crippen LogP contribution in [-0.2, 0) is 0 Å². The molecule has 1 aromatic rings. The first-order valence-corrected chi connectivity index (χ1v) is 5.21. The summed E-state index contributed by atoms with van der Waals surface area (Å²) in [5.74, 6) is 0.512. The molecule has 0 spiro atoms. The normalized spacial score (nSPS) is 9.94. The highest BCUT2D eigenvalue weighted by atomic mass is 16.5. The Hall–Kier alpha value is -1.65. The second kappa shape index (κ2) is 6.05. The van der Waals surface area contributed by atoms with Crippen molar-refractivity contribution in [2.75, 3.05) is 14.2 Å². The molecule has 0 aliphatic heterocycles. The molecule has 0 saturated carbocycles. The van der Waals surface area contributed by atoms with Gasteiger partial charge in [0, 0.05) is 6.42 Å². The molecule has 0 atom stereocenters. The average Bonchev–Trinajstić information content (AvgIpc) is 2.34. The maximum absolute atomic E-state index is 11.8. The number of carbonyl (C=O) groups excluding carboxylic acids is 1. The Labute approximate surface area is 94.8 Å². The lowest BCUT2D eigenvalue weighted by Crippen LogP contribution is -2.07. The first-order valence-electron chi connectivity index (χ1n) is 5.21. The Bertz CT molecular complexity index is 366. The average molecular weight is 224 g/mol. The molecular weight excluding hydrogens is 208 g/mol. The first-order chi connectivity index (χ1) is 7.72. The van der Waals surface area contributed by atoms with Gasteiger partial charge in [-0.05, 0) is 6.42 Å². The molecule has 88 valence electrons. The van der Waals surface area contributed by atoms with E-state index in [0.717, 1.165) is 12.8 Å². The van der Waals surface area contributed by atoms with Crippen molar-refractivity contribution in [3.05, 3.63) is 11.9 Å². The Kier molecular flexibility index (Phi) is 4.69. The molecule has 0 N–H and O–H groups in total. The van der Waals surface area contributed by atoms with Crippen LogP contribution in [0, 0.1) is 0 Å². The van der Waals surface area contributed by atoms with Crippen LogP contribution in [0.4, 0.5) is 0 Å². The molecule has 5 heteroatoms. The lowest BCUT2D eigenvalue weighted by molar-refractivity contribution is 0.0970. The summed E-state index contributed by atoms with van der Waals surface area (Å²) in [5, 5.41) is 0. The summed E-state index contributed by atoms with van der Waals surface area (Å²) in [5.41, 5.74) is 0.275. The number of methoxy groups -OCH3 is 2. The van der Waals surface area contributed by atoms with Crippen molar-refractivity contribution >= 4 is 5.78 Å². The van der Waals surface area contributed by atoms with Crippen molar-refractivity contribution < 1.29 is 14.3 Å². The van der Waals surface area contributed by atoms with Gasteiger partial charge in [0.15, 0.2) is 11.5 Å². The summed E-state index contributed by atoms with van der Waals surface area (Å²) in [6.07, 6.45) is 3.70. The zero-order chi connectivity index (χ0) is 12.0. The predicted octanol–water partition coefficient (Wildman–Crippen LogP) is 1.87. The molecular formula is C11H16N2O3. The van der Waals surface area contributed by atoms with Gasteiger partial charge in [-0.1, -0.05) is 13.3 Å². The van der Waals surface area contributed by atoms with Crippen molar-refractivity contribution in [1.29, 1.82) is 0 Å². The van der Waals surface area contributed by atoms with E-state index in [1.165, 1.54) is 20.4 Å². The van der Waals surface area contributed by atoms with E-state index in [9.17, 15) is 4.79 Å². The third-order valence-electron chi connectivity index (χ3n) is 2.14. The molecule has 16 heavy (non-hydrogen) atoms. The minimum Gasteiger partial charge on any atom is -0.480 e. The summed E-state index contributed by atoms with van der Waals surface area (Å²) in [6.45, 7) is 2.03. The van der Waals surface area contributed by atoms with Gasteiger partial charge in [0.25, 0.3) is 0 Å². The van der Waals surface area contributed by atoms with E-state index < -0.39 is 0 Å². The van der Waals surface area contributed by atoms with Gasteiger partial charge in [-0.2, -0.15) is 4.98 Å². The smallest absolute Gasteiger partial charge is 0.246 e. The third kappa shape index (κ3) is 2.92. The Morgan fingerprint density at radius 1 is 1.38 bits per heavy atom. The van der Waals surface area contributed by atoms with Crippen LogP contribution in [0.15, 0.2) is 6.20 Å². The van der Waals surface area contributed by atoms with Crippen molar-refractivity contribution in [2.24, 2.45) is 0 Å². The van der Waals surface area contributed by atoms with Gasteiger partial charge in [0.2, 0.25) is 11.8 Å². The standard InChI is InChI=1S/C11H16N2O3/c1-4-5-6-8(14)10-11(16-3)13-9(15-2)7-12-10/h7H,4-6H2,1-3H3. The highest BCUT2D eigenvalue weighted by Gasteiger charge is 2.15. The van der Waals surface area contributed by atoms with Crippen molar-refractivity contribution in [3.63, 3.8) is 0 Å². The number of unbranched alkanes of at least 4 members (excludes halogenated alkanes) is 1. The highest BCUT2D eigenvalue weighted by molar-refractivity contribution is 5.96. The Morgan fingerprint density at radius 2 is 2.12 bits per heavy atom. The quantitative estimate of drug-likeness (QED) is 0.690. The van der Waals surface area contributed by atoms with Gasteiger partial charge in [0.05, 0.1) is 20.4 Å². The molecule has 0 fully saturated rings. The summed E-state index contributed by atoms with van der Waals surface area (Å²) in [4.78, 5) is 19.8. The zero-order valence-electron chi connectivity index (χ0n) is 9.82. The number of hydrogen-bond acceptors (Lipinski definition) is 5. The number of hydrogen-bond donors (Lipinski definition) is 0. The van der Waals surface area contributed by atoms with Gasteiger partial charge in [-0.15, -0.1) is 0 Å². The van der Waals surface area contributed by atoms with Gasteiger partial charge < -0.3 is 9.47 Å². The SMILES string of the molecule is CCCCC(=O)c1ncc(OC)nc1OC. The van der Waals surface area contributed by atoms with Gasteiger partial charge in [-0.3, -0.25) is 4.79 Å². The maximum atomic E-state index is 11.8. The number of aromatic nitrogens is 2. The van der Waals surface area contributed by atoms with E-state index in [4.69, 9.17) is 9.47 Å². The monoisotopic (exact) mass is 224 g/mol. The lowest BCUT2D eigenvalue weighted by Gasteiger charge is -2.06. The van der Waals surface area contributed by atoms with E-state index in [1.54, 1.807) is 0 Å². The zero-order valence-corrected chi connectivity index (χ0v) is 9.82. The van der Waals surface area contributed by atoms with Gasteiger partial charge in [0.1, 0.15) is 0 Å². The fourth-order valence-corrected chi connectivity index (χ4v) is 1.24. The summed E-state index contributed by atoms with van der Waals surface area (Å²) in [7, 11) is 2.95. The minimum atomic E-state index is -0.0474. The van der Waals surface area contributed by atoms with Gasteiger partial charge >= 0.3 is 0 Å². The van der Waals surface area contributed by atoms with Crippen molar-refractivity contribution in [3.8, 4) is 11.8 Å². The molecule has 0 aliphatic rings. The molecule has 0 saturated heterocycles. The fraction of sp³-hybridized carbons (Fsp3) is 0.545. The molecule has 1 heterocycles. The Morgan fingerprint density at radius 3 is 2.69 bits per heavy atom. The summed E-state index contributed by atoms with van der Waals surface area (Å²) < 4.78 is 9.92. The first kappa shape index (κ1) is 12.4. The van der Waals surface area contributed by atoms with E-state index >= 15 is 0 Å². The number of rotatable bonds is 6. The van der Waals surface area contributed by atoms with Crippen molar-refractivity contribution in [1.82, 2.24) is 9.97 Å². The fourth-order valence-electron chi connectivity index (χ4n) is 1.24. The molecule has 0 bridgehead atoms. The molecule has 0 aromatic carbocycles. The summed E-state index contributed by atoms with van der Waals surface area (Å²) in [6, 6.07) is 0. The highest BCUT2D eigenvalue weighted by Crippen LogP contribution is 2.18. The summed E-state index contributed by atoms with van der Waals surface area (Å²) >= 11 is 0. The van der Waals surface area contributed by atoms with Crippen LogP contribution in [0.5, 0.6) is 11.8 Å². The number of nitrogens with zero attached hydrogens (tertiary/aromatic N) is 2. The van der Waals surface area contributed by atoms with E-state index in [1.807, 2.05) is 6.92 Å². The van der Waals surface area contributed by atoms with Crippen LogP contribution in [0.25, 0.3) is 0 Å². The van der Waals surface area contributed by atoms with Gasteiger partial charge in [-0.25, -0.2) is 4.98 Å². The van der Waals surface area contributed by atoms with Crippen molar-refractivity contribution in [2.45, 2.75) is 26.2 Å².